The number of rotatable bonds is 9. The van der Waals surface area contributed by atoms with Crippen molar-refractivity contribution >= 4 is 28.5 Å². The van der Waals surface area contributed by atoms with Crippen molar-refractivity contribution in [2.75, 3.05) is 33.9 Å². The van der Waals surface area contributed by atoms with Crippen molar-refractivity contribution in [3.05, 3.63) is 28.9 Å². The molecule has 0 spiro atoms. The van der Waals surface area contributed by atoms with Crippen LogP contribution in [-0.2, 0) is 14.3 Å². The van der Waals surface area contributed by atoms with Crippen molar-refractivity contribution in [2.45, 2.75) is 57.2 Å². The number of fused-ring (bicyclic) bond motifs is 1. The van der Waals surface area contributed by atoms with Gasteiger partial charge >= 0.3 is 0 Å². The molecule has 1 saturated heterocycles. The molecular weight excluding hydrogens is 442 g/mol. The van der Waals surface area contributed by atoms with Crippen LogP contribution in [0.3, 0.4) is 0 Å². The van der Waals surface area contributed by atoms with Crippen LogP contribution in [0.5, 0.6) is 0 Å². The Balaban J connectivity index is 1.22. The third-order valence-electron chi connectivity index (χ3n) is 7.78. The Morgan fingerprint density at radius 1 is 1.18 bits per heavy atom. The van der Waals surface area contributed by atoms with Gasteiger partial charge in [-0.2, -0.15) is 0 Å². The molecule has 0 bridgehead atoms. The maximum atomic E-state index is 12.0. The summed E-state index contributed by atoms with van der Waals surface area (Å²) in [5.74, 6) is 0.702. The number of hydrogen-bond donors (Lipinski definition) is 1. The van der Waals surface area contributed by atoms with E-state index >= 15 is 0 Å². The second kappa shape index (κ2) is 11.2. The summed E-state index contributed by atoms with van der Waals surface area (Å²) in [7, 11) is 3.14. The molecule has 1 aliphatic carbocycles. The van der Waals surface area contributed by atoms with E-state index in [0.717, 1.165) is 74.8 Å². The van der Waals surface area contributed by atoms with E-state index < -0.39 is 6.29 Å². The molecule has 2 aliphatic rings. The van der Waals surface area contributed by atoms with E-state index in [2.05, 4.69) is 10.1 Å². The number of hydrogen-bond acceptors (Lipinski definition) is 6. The van der Waals surface area contributed by atoms with Crippen LogP contribution in [0.2, 0.25) is 5.02 Å². The minimum absolute atomic E-state index is 0.242. The fraction of sp³-hybridized carbons (Fsp3) is 0.680. The molecule has 1 amide bonds. The maximum Gasteiger partial charge on any atom is 0.225 e. The lowest BCUT2D eigenvalue weighted by molar-refractivity contribution is -0.166. The lowest BCUT2D eigenvalue weighted by Gasteiger charge is -2.36. The van der Waals surface area contributed by atoms with Gasteiger partial charge in [0.1, 0.15) is 0 Å². The summed E-state index contributed by atoms with van der Waals surface area (Å²) in [6.45, 7) is 3.32. The van der Waals surface area contributed by atoms with Crippen LogP contribution in [0.25, 0.3) is 11.0 Å². The molecule has 8 heteroatoms. The second-order valence-corrected chi connectivity index (χ2v) is 10.1. The molecule has 2 heterocycles. The van der Waals surface area contributed by atoms with Crippen molar-refractivity contribution in [3.63, 3.8) is 0 Å². The minimum atomic E-state index is -0.552. The number of methoxy groups -OCH3 is 2. The van der Waals surface area contributed by atoms with E-state index in [4.69, 9.17) is 31.3 Å². The van der Waals surface area contributed by atoms with Gasteiger partial charge in [0.2, 0.25) is 5.91 Å². The molecule has 4 rings (SSSR count). The first-order valence-electron chi connectivity index (χ1n) is 12.1. The van der Waals surface area contributed by atoms with Crippen molar-refractivity contribution < 1.29 is 18.8 Å². The molecule has 182 valence electrons. The normalized spacial score (nSPS) is 23.9. The van der Waals surface area contributed by atoms with E-state index in [1.165, 1.54) is 6.42 Å². The minimum Gasteiger partial charge on any atom is -0.369 e. The van der Waals surface area contributed by atoms with Crippen molar-refractivity contribution in [1.29, 1.82) is 0 Å². The number of carbonyl (C=O) groups excluding carboxylic acids is 1. The molecule has 0 radical (unpaired) electrons. The Morgan fingerprint density at radius 3 is 2.52 bits per heavy atom. The van der Waals surface area contributed by atoms with E-state index in [0.29, 0.717) is 16.9 Å². The van der Waals surface area contributed by atoms with Crippen LogP contribution in [0, 0.1) is 17.8 Å². The van der Waals surface area contributed by atoms with Crippen LogP contribution < -0.4 is 5.73 Å². The summed E-state index contributed by atoms with van der Waals surface area (Å²) < 4.78 is 16.2. The van der Waals surface area contributed by atoms with Crippen LogP contribution >= 0.6 is 11.6 Å². The van der Waals surface area contributed by atoms with Gasteiger partial charge in [-0.05, 0) is 75.7 Å². The molecule has 1 atom stereocenters. The van der Waals surface area contributed by atoms with Crippen molar-refractivity contribution in [3.8, 4) is 0 Å². The summed E-state index contributed by atoms with van der Waals surface area (Å²) in [5.41, 5.74) is 7.52. The van der Waals surface area contributed by atoms with Crippen molar-refractivity contribution in [1.82, 2.24) is 10.1 Å². The quantitative estimate of drug-likeness (QED) is 0.531. The zero-order valence-corrected chi connectivity index (χ0v) is 20.4. The number of ether oxygens (including phenoxy) is 2. The van der Waals surface area contributed by atoms with E-state index in [9.17, 15) is 4.79 Å². The second-order valence-electron chi connectivity index (χ2n) is 9.66. The molecule has 1 aliphatic heterocycles. The van der Waals surface area contributed by atoms with Crippen LogP contribution in [0.1, 0.15) is 56.6 Å². The summed E-state index contributed by atoms with van der Waals surface area (Å²) >= 11 is 6.07. The number of nitrogens with two attached hydrogens (primary N) is 1. The average Bonchev–Trinajstić information content (AvgIpc) is 3.24. The SMILES string of the molecule is COC(OC)C(C(N)=O)C1CCC(CCN2CCC(c3noc4cc(Cl)ccc34)CC2)CC1. The van der Waals surface area contributed by atoms with Gasteiger partial charge < -0.3 is 24.6 Å². The third kappa shape index (κ3) is 5.70. The highest BCUT2D eigenvalue weighted by Crippen LogP contribution is 2.38. The summed E-state index contributed by atoms with van der Waals surface area (Å²) in [5, 5.41) is 6.13. The zero-order chi connectivity index (χ0) is 23.4. The lowest BCUT2D eigenvalue weighted by Crippen LogP contribution is -2.42. The Morgan fingerprint density at radius 2 is 1.88 bits per heavy atom. The van der Waals surface area contributed by atoms with Gasteiger partial charge in [-0.25, -0.2) is 0 Å². The standard InChI is InChI=1S/C25H36ClN3O4/c1-31-25(32-2)22(24(27)30)17-5-3-16(4-6-17)9-12-29-13-10-18(11-14-29)23-20-8-7-19(26)15-21(20)33-28-23/h7-8,15-18,22,25H,3-6,9-14H2,1-2H3,(H2,27,30). The summed E-state index contributed by atoms with van der Waals surface area (Å²) in [4.78, 5) is 14.6. The highest BCUT2D eigenvalue weighted by atomic mass is 35.5. The highest BCUT2D eigenvalue weighted by molar-refractivity contribution is 6.31. The molecular formula is C25H36ClN3O4. The third-order valence-corrected chi connectivity index (χ3v) is 8.01. The number of nitrogens with zero attached hydrogens (tertiary/aromatic N) is 2. The fourth-order valence-electron chi connectivity index (χ4n) is 5.83. The van der Waals surface area contributed by atoms with Crippen molar-refractivity contribution in [2.24, 2.45) is 23.5 Å². The number of amides is 1. The molecule has 1 saturated carbocycles. The monoisotopic (exact) mass is 477 g/mol. The van der Waals surface area contributed by atoms with Gasteiger partial charge in [0.25, 0.3) is 0 Å². The van der Waals surface area contributed by atoms with Gasteiger partial charge in [0.05, 0.1) is 11.6 Å². The van der Waals surface area contributed by atoms with Crippen LogP contribution in [-0.4, -0.2) is 56.1 Å². The average molecular weight is 478 g/mol. The molecule has 2 fully saturated rings. The largest absolute Gasteiger partial charge is 0.369 e. The van der Waals surface area contributed by atoms with E-state index in [1.807, 2.05) is 18.2 Å². The predicted molar refractivity (Wildman–Crippen MR) is 128 cm³/mol. The molecule has 2 N–H and O–H groups in total. The Bertz CT molecular complexity index is 916. The molecule has 33 heavy (non-hydrogen) atoms. The topological polar surface area (TPSA) is 90.8 Å². The predicted octanol–water partition coefficient (Wildman–Crippen LogP) is 4.58. The molecule has 1 unspecified atom stereocenters. The number of aromatic nitrogens is 1. The summed E-state index contributed by atoms with van der Waals surface area (Å²) in [6.07, 6.45) is 7.15. The molecule has 1 aromatic carbocycles. The Hall–Kier alpha value is -1.67. The number of piperidine rings is 1. The number of carbonyl (C=O) groups is 1. The Kier molecular flexibility index (Phi) is 8.28. The van der Waals surface area contributed by atoms with Crippen LogP contribution in [0.15, 0.2) is 22.7 Å². The van der Waals surface area contributed by atoms with E-state index in [-0.39, 0.29) is 17.7 Å². The van der Waals surface area contributed by atoms with Crippen LogP contribution in [0.4, 0.5) is 0 Å². The molecule has 7 nitrogen and oxygen atoms in total. The number of benzene rings is 1. The number of halogens is 1. The fourth-order valence-corrected chi connectivity index (χ4v) is 6.00. The van der Waals surface area contributed by atoms with Gasteiger partial charge in [0.15, 0.2) is 11.9 Å². The first kappa shape index (κ1) is 24.5. The van der Waals surface area contributed by atoms with E-state index in [1.54, 1.807) is 14.2 Å². The summed E-state index contributed by atoms with van der Waals surface area (Å²) in [6, 6.07) is 5.77. The van der Waals surface area contributed by atoms with Gasteiger partial charge in [-0.1, -0.05) is 29.6 Å². The van der Waals surface area contributed by atoms with Gasteiger partial charge in [-0.15, -0.1) is 0 Å². The first-order chi connectivity index (χ1) is 16.0. The molecule has 1 aromatic heterocycles. The smallest absolute Gasteiger partial charge is 0.225 e. The zero-order valence-electron chi connectivity index (χ0n) is 19.7. The van der Waals surface area contributed by atoms with Gasteiger partial charge in [0, 0.05) is 36.6 Å². The number of likely N-dealkylation sites (tertiary alicyclic amines) is 1. The lowest BCUT2D eigenvalue weighted by atomic mass is 9.74. The van der Waals surface area contributed by atoms with Gasteiger partial charge in [-0.3, -0.25) is 4.79 Å². The maximum absolute atomic E-state index is 12.0. The first-order valence-corrected chi connectivity index (χ1v) is 12.5. The number of primary amides is 1. The highest BCUT2D eigenvalue weighted by Gasteiger charge is 2.37. The molecule has 2 aromatic rings. The Labute approximate surface area is 200 Å².